The molecule has 0 N–H and O–H groups in total. The smallest absolute Gasteiger partial charge is 0.325 e. The minimum atomic E-state index is -0.580. The van der Waals surface area contributed by atoms with Crippen molar-refractivity contribution in [3.8, 4) is 18.1 Å². The Labute approximate surface area is 308 Å². The fourth-order valence-corrected chi connectivity index (χ4v) is 8.42. The lowest BCUT2D eigenvalue weighted by atomic mass is 9.92. The molecule has 268 valence electrons. The van der Waals surface area contributed by atoms with Crippen molar-refractivity contribution in [2.45, 2.75) is 57.6 Å². The summed E-state index contributed by atoms with van der Waals surface area (Å²) in [6.45, 7) is 6.38. The topological polar surface area (TPSA) is 125 Å². The van der Waals surface area contributed by atoms with E-state index in [1.54, 1.807) is 9.36 Å². The number of thioether (sulfide) groups is 1. The fraction of sp³-hybridized carbons (Fsp3) is 0.394. The molecule has 4 aromatic rings. The molecule has 0 radical (unpaired) electrons. The molecule has 0 saturated carbocycles. The highest BCUT2D eigenvalue weighted by Gasteiger charge is 2.31. The van der Waals surface area contributed by atoms with Gasteiger partial charge in [0.25, 0.3) is 5.91 Å². The predicted octanol–water partition coefficient (Wildman–Crippen LogP) is 5.05. The number of esters is 1. The van der Waals surface area contributed by atoms with E-state index in [4.69, 9.17) is 22.8 Å². The highest BCUT2D eigenvalue weighted by atomic mass is 35.5. The molecule has 5 heterocycles. The van der Waals surface area contributed by atoms with Gasteiger partial charge >= 0.3 is 10.8 Å². The molecule has 51 heavy (non-hydrogen) atoms. The lowest BCUT2D eigenvalue weighted by Gasteiger charge is -2.28. The molecule has 2 aromatic heterocycles. The normalized spacial score (nSPS) is 16.4. The maximum Gasteiger partial charge on any atom is 0.325 e. The van der Waals surface area contributed by atoms with Gasteiger partial charge in [-0.3, -0.25) is 24.0 Å². The van der Waals surface area contributed by atoms with Crippen molar-refractivity contribution in [1.29, 1.82) is 0 Å². The quantitative estimate of drug-likeness (QED) is 0.153. The second-order valence-corrected chi connectivity index (χ2v) is 15.6. The largest absolute Gasteiger partial charge is 0.481 e. The Morgan fingerprint density at radius 3 is 2.57 bits per heavy atom. The molecule has 0 spiro atoms. The number of rotatable bonds is 6. The maximum atomic E-state index is 14.5. The average Bonchev–Trinajstić information content (AvgIpc) is 3.72. The van der Waals surface area contributed by atoms with Crippen LogP contribution in [0, 0.1) is 29.4 Å². The van der Waals surface area contributed by atoms with Crippen molar-refractivity contribution in [3.63, 3.8) is 0 Å². The van der Waals surface area contributed by atoms with Gasteiger partial charge in [-0.25, -0.2) is 23.4 Å². The first kappa shape index (κ1) is 36.5. The minimum Gasteiger partial charge on any atom is -0.481 e. The Balaban J connectivity index is 0.000000176. The summed E-state index contributed by atoms with van der Waals surface area (Å²) in [5.74, 6) is 2.00. The van der Waals surface area contributed by atoms with Gasteiger partial charge in [0.1, 0.15) is 28.8 Å². The summed E-state index contributed by atoms with van der Waals surface area (Å²) in [7, 11) is 1.30. The van der Waals surface area contributed by atoms with Crippen molar-refractivity contribution in [2.24, 2.45) is 15.4 Å². The molecule has 0 fully saturated rings. The Hall–Kier alpha value is -4.24. The van der Waals surface area contributed by atoms with Crippen LogP contribution in [0.15, 0.2) is 43.9 Å². The number of anilines is 1. The summed E-state index contributed by atoms with van der Waals surface area (Å²) in [4.78, 5) is 47.1. The van der Waals surface area contributed by atoms with Crippen LogP contribution in [-0.2, 0) is 40.4 Å². The summed E-state index contributed by atoms with van der Waals surface area (Å²) >= 11 is 9.41. The van der Waals surface area contributed by atoms with Crippen LogP contribution >= 0.6 is 46.2 Å². The Kier molecular flexibility index (Phi) is 10.9. The summed E-state index contributed by atoms with van der Waals surface area (Å²) in [5, 5.41) is 0.199. The van der Waals surface area contributed by atoms with Crippen LogP contribution in [0.2, 0.25) is 5.02 Å². The van der Waals surface area contributed by atoms with Crippen molar-refractivity contribution in [1.82, 2.24) is 18.3 Å². The Morgan fingerprint density at radius 1 is 1.12 bits per heavy atom. The SMILES string of the molecule is C#CCN1C(=O)COc2cc(F)c(/N=c3\snc4n3CC(C)(C)C4)cc21.COC(=O)CSc1cc(/N=c2\sc(=O)n3n2CCCC3)c(F)cc1Cl. The lowest BCUT2D eigenvalue weighted by molar-refractivity contribution is -0.137. The fourth-order valence-electron chi connectivity index (χ4n) is 5.68. The standard InChI is InChI=1S/C18H17FN4O2S.C15H15ClFN3O3S2/c1-4-5-22-13-7-12(11(19)6-14(13)25-9-16(22)24)20-17-23-10-18(2,3)8-15(23)21-26-17;1-23-13(21)8-24-12-7-11(10(17)6-9(12)16)18-14-19-4-2-3-5-20(19)15(22)25-14/h1,6-7H,5,8-10H2,2-3H3;6-7H,2-5,8H2,1H3/b20-17-;18-14-. The molecule has 7 rings (SSSR count). The molecule has 0 unspecified atom stereocenters. The van der Waals surface area contributed by atoms with Gasteiger partial charge in [0.2, 0.25) is 9.60 Å². The van der Waals surface area contributed by atoms with Gasteiger partial charge in [-0.2, -0.15) is 4.37 Å². The monoisotopic (exact) mass is 775 g/mol. The number of carbonyl (C=O) groups is 2. The third-order valence-corrected chi connectivity index (χ3v) is 11.2. The number of aromatic nitrogens is 4. The minimum absolute atomic E-state index is 0.0605. The molecule has 0 saturated heterocycles. The Morgan fingerprint density at radius 2 is 1.82 bits per heavy atom. The molecule has 0 atom stereocenters. The Bertz CT molecular complexity index is 2270. The van der Waals surface area contributed by atoms with Gasteiger partial charge in [-0.1, -0.05) is 31.4 Å². The van der Waals surface area contributed by atoms with Crippen LogP contribution < -0.4 is 24.1 Å². The highest BCUT2D eigenvalue weighted by molar-refractivity contribution is 8.00. The van der Waals surface area contributed by atoms with E-state index in [0.717, 1.165) is 60.8 Å². The summed E-state index contributed by atoms with van der Waals surface area (Å²) in [6, 6.07) is 5.40. The van der Waals surface area contributed by atoms with E-state index in [0.29, 0.717) is 39.0 Å². The van der Waals surface area contributed by atoms with Crippen LogP contribution in [0.4, 0.5) is 25.8 Å². The molecular weight excluding hydrogens is 744 g/mol. The molecular formula is C33H32ClF2N7O5S3. The number of carbonyl (C=O) groups excluding carboxylic acids is 2. The molecule has 2 aromatic carbocycles. The molecule has 3 aliphatic heterocycles. The molecule has 18 heteroatoms. The van der Waals surface area contributed by atoms with Gasteiger partial charge < -0.3 is 14.0 Å². The van der Waals surface area contributed by atoms with Gasteiger partial charge in [0, 0.05) is 48.5 Å². The van der Waals surface area contributed by atoms with E-state index in [2.05, 4.69) is 38.9 Å². The van der Waals surface area contributed by atoms with Gasteiger partial charge in [0.05, 0.1) is 30.1 Å². The van der Waals surface area contributed by atoms with Crippen LogP contribution in [0.1, 0.15) is 32.5 Å². The van der Waals surface area contributed by atoms with E-state index < -0.39 is 17.6 Å². The van der Waals surface area contributed by atoms with Gasteiger partial charge in [-0.15, -0.1) is 18.2 Å². The zero-order valence-corrected chi connectivity index (χ0v) is 31.0. The summed E-state index contributed by atoms with van der Waals surface area (Å²) in [6.07, 6.45) is 8.11. The third kappa shape index (κ3) is 7.98. The summed E-state index contributed by atoms with van der Waals surface area (Å²) < 4.78 is 48.6. The van der Waals surface area contributed by atoms with E-state index in [9.17, 15) is 23.2 Å². The van der Waals surface area contributed by atoms with Crippen molar-refractivity contribution in [2.75, 3.05) is 30.9 Å². The van der Waals surface area contributed by atoms with E-state index in [1.165, 1.54) is 41.7 Å². The first-order valence-electron chi connectivity index (χ1n) is 15.7. The number of hydrogen-bond acceptors (Lipinski definition) is 11. The number of methoxy groups -OCH3 is 1. The zero-order chi connectivity index (χ0) is 36.4. The van der Waals surface area contributed by atoms with Gasteiger partial charge in [0.15, 0.2) is 12.4 Å². The van der Waals surface area contributed by atoms with Crippen LogP contribution in [0.5, 0.6) is 5.75 Å². The number of terminal acetylenes is 1. The second kappa shape index (κ2) is 15.2. The average molecular weight is 776 g/mol. The molecule has 12 nitrogen and oxygen atoms in total. The maximum absolute atomic E-state index is 14.5. The van der Waals surface area contributed by atoms with E-state index >= 15 is 0 Å². The molecule has 1 amide bonds. The van der Waals surface area contributed by atoms with Crippen molar-refractivity contribution >= 4 is 75.2 Å². The third-order valence-electron chi connectivity index (χ3n) is 8.12. The molecule has 0 bridgehead atoms. The molecule has 3 aliphatic rings. The number of amides is 1. The van der Waals surface area contributed by atoms with E-state index in [1.807, 2.05) is 4.57 Å². The van der Waals surface area contributed by atoms with Gasteiger partial charge in [-0.05, 0) is 47.8 Å². The number of nitrogens with zero attached hydrogens (tertiary/aromatic N) is 7. The molecule has 0 aliphatic carbocycles. The van der Waals surface area contributed by atoms with E-state index in [-0.39, 0.29) is 51.5 Å². The number of ether oxygens (including phenoxy) is 2. The van der Waals surface area contributed by atoms with Crippen LogP contribution in [0.3, 0.4) is 0 Å². The van der Waals surface area contributed by atoms with Crippen LogP contribution in [0.25, 0.3) is 0 Å². The number of halogens is 3. The first-order valence-corrected chi connectivity index (χ1v) is 18.7. The predicted molar refractivity (Wildman–Crippen MR) is 191 cm³/mol. The first-order chi connectivity index (χ1) is 24.4. The number of fused-ring (bicyclic) bond motifs is 3. The lowest BCUT2D eigenvalue weighted by Crippen LogP contribution is -2.39. The van der Waals surface area contributed by atoms with Crippen molar-refractivity contribution in [3.05, 3.63) is 66.0 Å². The summed E-state index contributed by atoms with van der Waals surface area (Å²) in [5.41, 5.74) is 0.761. The van der Waals surface area contributed by atoms with Crippen LogP contribution in [-0.4, -0.2) is 56.2 Å². The highest BCUT2D eigenvalue weighted by Crippen LogP contribution is 2.38. The number of benzene rings is 2. The zero-order valence-electron chi connectivity index (χ0n) is 27.8. The van der Waals surface area contributed by atoms with Crippen molar-refractivity contribution < 1.29 is 27.8 Å². The number of hydrogen-bond donors (Lipinski definition) is 0. The second-order valence-electron chi connectivity index (χ2n) is 12.5.